The van der Waals surface area contributed by atoms with E-state index < -0.39 is 0 Å². The van der Waals surface area contributed by atoms with Crippen LogP contribution in [0.1, 0.15) is 44.1 Å². The summed E-state index contributed by atoms with van der Waals surface area (Å²) >= 11 is 0. The van der Waals surface area contributed by atoms with Crippen molar-refractivity contribution in [1.82, 2.24) is 9.91 Å². The fourth-order valence-electron chi connectivity index (χ4n) is 3.15. The van der Waals surface area contributed by atoms with Gasteiger partial charge in [-0.1, -0.05) is 30.3 Å². The predicted octanol–water partition coefficient (Wildman–Crippen LogP) is 2.63. The molecule has 2 heterocycles. The minimum absolute atomic E-state index is 0.601. The van der Waals surface area contributed by atoms with Gasteiger partial charge in [-0.15, -0.1) is 0 Å². The van der Waals surface area contributed by atoms with Crippen molar-refractivity contribution >= 4 is 11.8 Å². The van der Waals surface area contributed by atoms with Gasteiger partial charge in [0.2, 0.25) is 0 Å². The molecule has 0 aliphatic carbocycles. The summed E-state index contributed by atoms with van der Waals surface area (Å²) in [7, 11) is 0. The van der Waals surface area contributed by atoms with Crippen molar-refractivity contribution in [2.45, 2.75) is 38.5 Å². The first-order chi connectivity index (χ1) is 11.3. The van der Waals surface area contributed by atoms with Crippen LogP contribution < -0.4 is 5.73 Å². The normalized spacial score (nSPS) is 20.7. The third-order valence-electron chi connectivity index (χ3n) is 4.50. The zero-order chi connectivity index (χ0) is 15.9. The van der Waals surface area contributed by atoms with Gasteiger partial charge in [0.15, 0.2) is 11.8 Å². The highest BCUT2D eigenvalue weighted by Gasteiger charge is 2.15. The fourth-order valence-corrected chi connectivity index (χ4v) is 3.15. The topological polar surface area (TPSA) is 57.2 Å². The predicted molar refractivity (Wildman–Crippen MR) is 95.4 cm³/mol. The summed E-state index contributed by atoms with van der Waals surface area (Å²) < 4.78 is 0. The molecular formula is C18H27N5. The van der Waals surface area contributed by atoms with Crippen molar-refractivity contribution in [2.24, 2.45) is 15.8 Å². The van der Waals surface area contributed by atoms with E-state index in [1.165, 1.54) is 38.5 Å². The summed E-state index contributed by atoms with van der Waals surface area (Å²) in [5, 5.41) is 6.93. The van der Waals surface area contributed by atoms with E-state index in [-0.39, 0.29) is 0 Å². The minimum Gasteiger partial charge on any atom is -0.369 e. The first kappa shape index (κ1) is 15.8. The maximum absolute atomic E-state index is 6.27. The maximum Gasteiger partial charge on any atom is 0.198 e. The molecule has 0 atom stereocenters. The number of piperidine rings is 2. The Kier molecular flexibility index (Phi) is 5.51. The van der Waals surface area contributed by atoms with Gasteiger partial charge in [-0.3, -0.25) is 5.01 Å². The Hall–Kier alpha value is -2.04. The van der Waals surface area contributed by atoms with Gasteiger partial charge >= 0.3 is 0 Å². The Morgan fingerprint density at radius 2 is 1.43 bits per heavy atom. The Morgan fingerprint density at radius 1 is 0.826 bits per heavy atom. The van der Waals surface area contributed by atoms with Gasteiger partial charge in [-0.2, -0.15) is 10.1 Å². The Morgan fingerprint density at radius 3 is 2.09 bits per heavy atom. The summed E-state index contributed by atoms with van der Waals surface area (Å²) in [4.78, 5) is 6.87. The van der Waals surface area contributed by atoms with Crippen molar-refractivity contribution in [3.05, 3.63) is 35.9 Å². The molecule has 124 valence electrons. The second-order valence-electron chi connectivity index (χ2n) is 6.32. The molecule has 2 aliphatic rings. The molecule has 0 amide bonds. The van der Waals surface area contributed by atoms with Crippen LogP contribution in [-0.4, -0.2) is 47.9 Å². The number of hydrogen-bond acceptors (Lipinski definition) is 2. The van der Waals surface area contributed by atoms with E-state index in [2.05, 4.69) is 22.0 Å². The highest BCUT2D eigenvalue weighted by Crippen LogP contribution is 2.13. The Balaban J connectivity index is 1.83. The van der Waals surface area contributed by atoms with Crippen molar-refractivity contribution in [2.75, 3.05) is 26.2 Å². The number of amidine groups is 1. The lowest BCUT2D eigenvalue weighted by molar-refractivity contribution is 0.239. The number of hydrazone groups is 1. The molecule has 3 rings (SSSR count). The van der Waals surface area contributed by atoms with Gasteiger partial charge in [0.1, 0.15) is 0 Å². The average molecular weight is 313 g/mol. The summed E-state index contributed by atoms with van der Waals surface area (Å²) in [6.07, 6.45) is 7.39. The quantitative estimate of drug-likeness (QED) is 0.674. The van der Waals surface area contributed by atoms with Crippen LogP contribution in [0.2, 0.25) is 0 Å². The van der Waals surface area contributed by atoms with Gasteiger partial charge < -0.3 is 10.6 Å². The number of nitrogens with two attached hydrogens (primary N) is 1. The van der Waals surface area contributed by atoms with Gasteiger partial charge in [-0.05, 0) is 38.5 Å². The molecule has 1 aromatic carbocycles. The van der Waals surface area contributed by atoms with Crippen LogP contribution >= 0.6 is 0 Å². The number of aliphatic imine (C=N–C) groups is 1. The molecule has 0 unspecified atom stereocenters. The molecule has 0 bridgehead atoms. The highest BCUT2D eigenvalue weighted by atomic mass is 15.5. The van der Waals surface area contributed by atoms with Gasteiger partial charge in [-0.25, -0.2) is 0 Å². The van der Waals surface area contributed by atoms with Crippen LogP contribution in [0.25, 0.3) is 0 Å². The third-order valence-corrected chi connectivity index (χ3v) is 4.50. The summed E-state index contributed by atoms with van der Waals surface area (Å²) in [5.74, 6) is 1.33. The van der Waals surface area contributed by atoms with Crippen LogP contribution in [0.3, 0.4) is 0 Å². The number of rotatable bonds is 2. The summed E-state index contributed by atoms with van der Waals surface area (Å²) in [5.41, 5.74) is 7.29. The largest absolute Gasteiger partial charge is 0.369 e. The molecule has 2 fully saturated rings. The van der Waals surface area contributed by atoms with Crippen molar-refractivity contribution in [3.8, 4) is 0 Å². The first-order valence-corrected chi connectivity index (χ1v) is 8.81. The van der Waals surface area contributed by atoms with E-state index >= 15 is 0 Å². The highest BCUT2D eigenvalue weighted by molar-refractivity contribution is 6.05. The molecule has 5 nitrogen and oxygen atoms in total. The number of benzene rings is 1. The van der Waals surface area contributed by atoms with E-state index in [1.807, 2.05) is 18.2 Å². The molecule has 2 aliphatic heterocycles. The van der Waals surface area contributed by atoms with Crippen LogP contribution in [0.5, 0.6) is 0 Å². The third kappa shape index (κ3) is 4.47. The lowest BCUT2D eigenvalue weighted by atomic mass is 10.1. The number of likely N-dealkylation sites (tertiary alicyclic amines) is 1. The molecule has 5 heteroatoms. The minimum atomic E-state index is 0.601. The van der Waals surface area contributed by atoms with Crippen LogP contribution in [0.15, 0.2) is 40.4 Å². The molecule has 0 aromatic heterocycles. The van der Waals surface area contributed by atoms with E-state index in [0.29, 0.717) is 5.96 Å². The molecule has 23 heavy (non-hydrogen) atoms. The smallest absolute Gasteiger partial charge is 0.198 e. The second-order valence-corrected chi connectivity index (χ2v) is 6.32. The van der Waals surface area contributed by atoms with E-state index in [9.17, 15) is 0 Å². The monoisotopic (exact) mass is 313 g/mol. The average Bonchev–Trinajstić information content (AvgIpc) is 2.63. The summed E-state index contributed by atoms with van der Waals surface area (Å²) in [6, 6.07) is 10.2. The van der Waals surface area contributed by atoms with E-state index in [0.717, 1.165) is 37.6 Å². The zero-order valence-corrected chi connectivity index (χ0v) is 13.8. The van der Waals surface area contributed by atoms with Gasteiger partial charge in [0.05, 0.1) is 0 Å². The second kappa shape index (κ2) is 7.99. The number of hydrogen-bond donors (Lipinski definition) is 1. The summed E-state index contributed by atoms with van der Waals surface area (Å²) in [6.45, 7) is 4.02. The number of nitrogens with zero attached hydrogens (tertiary/aromatic N) is 4. The SMILES string of the molecule is NC(=N/C(=N/N1CCCCC1)c1ccccc1)N1CCCCC1. The Labute approximate surface area is 138 Å². The fraction of sp³-hybridized carbons (Fsp3) is 0.556. The molecule has 0 saturated carbocycles. The molecule has 0 radical (unpaired) electrons. The van der Waals surface area contributed by atoms with Gasteiger partial charge in [0.25, 0.3) is 0 Å². The molecular weight excluding hydrogens is 286 g/mol. The number of guanidine groups is 1. The lowest BCUT2D eigenvalue weighted by Crippen LogP contribution is -2.41. The molecule has 1 aromatic rings. The zero-order valence-electron chi connectivity index (χ0n) is 13.8. The maximum atomic E-state index is 6.27. The van der Waals surface area contributed by atoms with Crippen molar-refractivity contribution in [3.63, 3.8) is 0 Å². The first-order valence-electron chi connectivity index (χ1n) is 8.81. The molecule has 2 N–H and O–H groups in total. The van der Waals surface area contributed by atoms with Crippen molar-refractivity contribution < 1.29 is 0 Å². The van der Waals surface area contributed by atoms with Gasteiger partial charge in [0, 0.05) is 31.7 Å². The van der Waals surface area contributed by atoms with E-state index in [4.69, 9.17) is 15.8 Å². The molecule has 2 saturated heterocycles. The molecule has 0 spiro atoms. The van der Waals surface area contributed by atoms with Crippen LogP contribution in [0, 0.1) is 0 Å². The standard InChI is InChI=1S/C18H27N5/c19-18(22-12-6-2-7-13-22)20-17(16-10-4-1-5-11-16)21-23-14-8-3-9-15-23/h1,4-5,10-11H,2-3,6-9,12-15H2,(H2,19,20,21). The van der Waals surface area contributed by atoms with Crippen molar-refractivity contribution in [1.29, 1.82) is 0 Å². The lowest BCUT2D eigenvalue weighted by Gasteiger charge is -2.28. The van der Waals surface area contributed by atoms with Crippen LogP contribution in [0.4, 0.5) is 0 Å². The van der Waals surface area contributed by atoms with Crippen LogP contribution in [-0.2, 0) is 0 Å². The Bertz CT molecular complexity index is 540. The van der Waals surface area contributed by atoms with E-state index in [1.54, 1.807) is 0 Å².